The van der Waals surface area contributed by atoms with Crippen molar-refractivity contribution in [2.24, 2.45) is 0 Å². The van der Waals surface area contributed by atoms with Crippen molar-refractivity contribution >= 4 is 101 Å². The Morgan fingerprint density at radius 1 is 0.220 bits per heavy atom. The summed E-state index contributed by atoms with van der Waals surface area (Å²) in [6.07, 6.45) is 0. The Morgan fingerprint density at radius 3 is 1.04 bits per heavy atom. The third-order valence-corrected chi connectivity index (χ3v) is 23.5. The number of hydrogen-bond acceptors (Lipinski definition) is 2. The van der Waals surface area contributed by atoms with Gasteiger partial charge < -0.3 is 18.9 Å². The van der Waals surface area contributed by atoms with Gasteiger partial charge in [0.2, 0.25) is 0 Å². The van der Waals surface area contributed by atoms with Gasteiger partial charge in [0.1, 0.15) is 0 Å². The van der Waals surface area contributed by atoms with Gasteiger partial charge in [-0.2, -0.15) is 0 Å². The first kappa shape index (κ1) is 69.1. The van der Waals surface area contributed by atoms with E-state index in [1.807, 2.05) is 0 Å². The van der Waals surface area contributed by atoms with Crippen molar-refractivity contribution in [2.75, 3.05) is 9.80 Å². The molecule has 109 heavy (non-hydrogen) atoms. The van der Waals surface area contributed by atoms with E-state index in [-0.39, 0.29) is 33.8 Å². The summed E-state index contributed by atoms with van der Waals surface area (Å²) in [6.45, 7) is 35.0. The quantitative estimate of drug-likeness (QED) is 0.134. The molecule has 4 nitrogen and oxygen atoms in total. The normalized spacial score (nSPS) is 13.2. The van der Waals surface area contributed by atoms with Gasteiger partial charge in [-0.05, 0) is 165 Å². The lowest BCUT2D eigenvalue weighted by atomic mass is 9.33. The number of fused-ring (bicyclic) bond motifs is 10. The molecular formula is C104H95BN4. The molecule has 18 rings (SSSR count). The van der Waals surface area contributed by atoms with Crippen LogP contribution in [-0.2, 0) is 27.1 Å². The number of para-hydroxylation sites is 3. The lowest BCUT2D eigenvalue weighted by Crippen LogP contribution is -2.61. The Kier molecular flexibility index (Phi) is 16.2. The summed E-state index contributed by atoms with van der Waals surface area (Å²) in [5.41, 5.74) is 34.7. The summed E-state index contributed by atoms with van der Waals surface area (Å²) >= 11 is 0. The summed E-state index contributed by atoms with van der Waals surface area (Å²) in [4.78, 5) is 5.46. The van der Waals surface area contributed by atoms with Crippen LogP contribution in [0.4, 0.5) is 34.1 Å². The Hall–Kier alpha value is -11.7. The van der Waals surface area contributed by atoms with Crippen molar-refractivity contribution in [3.63, 3.8) is 0 Å². The molecular weight excluding hydrogens is 1320 g/mol. The fraction of sp³-hybridized carbons (Fsp3) is 0.192. The van der Waals surface area contributed by atoms with Gasteiger partial charge in [-0.3, -0.25) is 0 Å². The maximum absolute atomic E-state index is 2.73. The molecule has 2 aliphatic heterocycles. The molecule has 0 saturated heterocycles. The SMILES string of the molecule is CC(C)(C)c1cc(-c2ccc3c(c2)N(c2c(-c4ccccc4)cccc2-c2ccccc2)c2cc(-n4c5cc(C(C)(C)C)ccc5c5ccc(C(C)(C)C)cc54)cc4c2B3c2ccc(-n3c5ccccc5c5cc(C(C)(C)C)ccc53)cc2N4c2c(-c3ccccc3)cccc2-c2ccccc2)cc(C(C)(C)C)c1. The Morgan fingerprint density at radius 2 is 0.587 bits per heavy atom. The molecule has 0 N–H and O–H groups in total. The van der Waals surface area contributed by atoms with E-state index in [0.717, 1.165) is 90.0 Å². The highest BCUT2D eigenvalue weighted by molar-refractivity contribution is 7.00. The van der Waals surface area contributed by atoms with Crippen LogP contribution in [0.25, 0.3) is 111 Å². The van der Waals surface area contributed by atoms with E-state index in [1.54, 1.807) is 0 Å². The number of aromatic nitrogens is 2. The van der Waals surface area contributed by atoms with Gasteiger partial charge >= 0.3 is 0 Å². The summed E-state index contributed by atoms with van der Waals surface area (Å²) < 4.78 is 5.19. The molecule has 5 heteroatoms. The smallest absolute Gasteiger partial charge is 0.252 e. The first-order chi connectivity index (χ1) is 52.2. The maximum Gasteiger partial charge on any atom is 0.252 e. The second kappa shape index (κ2) is 25.5. The van der Waals surface area contributed by atoms with Crippen LogP contribution in [0.5, 0.6) is 0 Å². The van der Waals surface area contributed by atoms with Crippen molar-refractivity contribution in [3.8, 4) is 67.0 Å². The Labute approximate surface area is 644 Å². The molecule has 0 spiro atoms. The van der Waals surface area contributed by atoms with Gasteiger partial charge in [0.05, 0.1) is 39.1 Å². The zero-order valence-electron chi connectivity index (χ0n) is 65.7. The number of nitrogens with zero attached hydrogens (tertiary/aromatic N) is 4. The first-order valence-electron chi connectivity index (χ1n) is 39.1. The minimum absolute atomic E-state index is 0.0500. The van der Waals surface area contributed by atoms with Crippen LogP contribution in [0.2, 0.25) is 0 Å². The van der Waals surface area contributed by atoms with Gasteiger partial charge in [-0.25, -0.2) is 0 Å². The van der Waals surface area contributed by atoms with E-state index < -0.39 is 0 Å². The molecule has 0 atom stereocenters. The van der Waals surface area contributed by atoms with Gasteiger partial charge in [-0.15, -0.1) is 0 Å². The Bertz CT molecular complexity index is 6080. The van der Waals surface area contributed by atoms with Crippen LogP contribution < -0.4 is 26.2 Å². The number of hydrogen-bond donors (Lipinski definition) is 0. The zero-order chi connectivity index (χ0) is 75.4. The van der Waals surface area contributed by atoms with E-state index in [4.69, 9.17) is 0 Å². The summed E-state index contributed by atoms with van der Waals surface area (Å²) in [6, 6.07) is 117. The standard InChI is InChI=1S/C104H95BN4/c1-100(2,3)72-49-55-90-86(60-72)83-40-28-29-45-89(83)106(90)77-50-54-88-94(63-77)109(99-81(68-36-24-18-25-37-68)43-31-44-82(99)69-38-26-19-27-39-69)96-65-78(107-91-61-73(101(4,5)6)47-51-84(91)85-52-48-74(62-92(85)107)102(7,8)9)64-95-97(96)105(88)87-53-46-70(71-56-75(103(10,11)12)59-76(57-71)104(13,14)15)58-93(87)108(95)98-79(66-32-20-16-21-33-66)41-30-42-80(98)67-34-22-17-23-35-67/h16-65H,1-15H3. The fourth-order valence-corrected chi connectivity index (χ4v) is 17.5. The molecule has 0 radical (unpaired) electrons. The van der Waals surface area contributed by atoms with E-state index in [1.165, 1.54) is 98.9 Å². The molecule has 0 fully saturated rings. The van der Waals surface area contributed by atoms with Crippen LogP contribution in [0.3, 0.4) is 0 Å². The molecule has 4 heterocycles. The van der Waals surface area contributed by atoms with Gasteiger partial charge in [0, 0.05) is 72.2 Å². The largest absolute Gasteiger partial charge is 0.310 e. The zero-order valence-corrected chi connectivity index (χ0v) is 65.7. The van der Waals surface area contributed by atoms with Crippen molar-refractivity contribution in [1.29, 1.82) is 0 Å². The summed E-state index contributed by atoms with van der Waals surface area (Å²) in [5, 5.41) is 4.93. The topological polar surface area (TPSA) is 16.3 Å². The Balaban J connectivity index is 1.06. The average Bonchev–Trinajstić information content (AvgIpc) is 1.18. The molecule has 2 aliphatic rings. The van der Waals surface area contributed by atoms with Crippen LogP contribution >= 0.6 is 0 Å². The van der Waals surface area contributed by atoms with Gasteiger partial charge in [0.15, 0.2) is 0 Å². The highest BCUT2D eigenvalue weighted by atomic mass is 15.2. The lowest BCUT2D eigenvalue weighted by molar-refractivity contribution is 0.569. The molecule has 2 aromatic heterocycles. The molecule has 16 aromatic rings. The molecule has 0 bridgehead atoms. The number of benzene rings is 14. The van der Waals surface area contributed by atoms with Crippen LogP contribution in [0.1, 0.15) is 132 Å². The van der Waals surface area contributed by atoms with Gasteiger partial charge in [0.25, 0.3) is 6.71 Å². The second-order valence-corrected chi connectivity index (χ2v) is 35.8. The van der Waals surface area contributed by atoms with Crippen molar-refractivity contribution < 1.29 is 0 Å². The lowest BCUT2D eigenvalue weighted by Gasteiger charge is -2.46. The molecule has 534 valence electrons. The predicted octanol–water partition coefficient (Wildman–Crippen LogP) is 26.8. The average molecular weight is 1410 g/mol. The summed E-state index contributed by atoms with van der Waals surface area (Å²) in [5.74, 6) is 0. The third-order valence-electron chi connectivity index (χ3n) is 23.5. The third kappa shape index (κ3) is 11.7. The fourth-order valence-electron chi connectivity index (χ4n) is 17.5. The van der Waals surface area contributed by atoms with E-state index in [9.17, 15) is 0 Å². The minimum Gasteiger partial charge on any atom is -0.310 e. The highest BCUT2D eigenvalue weighted by Crippen LogP contribution is 2.55. The minimum atomic E-state index is -0.274. The molecule has 0 amide bonds. The van der Waals surface area contributed by atoms with Crippen molar-refractivity contribution in [2.45, 2.75) is 131 Å². The number of rotatable bonds is 9. The van der Waals surface area contributed by atoms with Gasteiger partial charge in [-0.1, -0.05) is 347 Å². The van der Waals surface area contributed by atoms with E-state index in [2.05, 4.69) is 426 Å². The van der Waals surface area contributed by atoms with Crippen molar-refractivity contribution in [1.82, 2.24) is 9.13 Å². The molecule has 0 unspecified atom stereocenters. The molecule has 14 aromatic carbocycles. The van der Waals surface area contributed by atoms with E-state index in [0.29, 0.717) is 0 Å². The summed E-state index contributed by atoms with van der Waals surface area (Å²) in [7, 11) is 0. The predicted molar refractivity (Wildman–Crippen MR) is 470 cm³/mol. The van der Waals surface area contributed by atoms with Crippen LogP contribution in [0.15, 0.2) is 303 Å². The maximum atomic E-state index is 2.73. The van der Waals surface area contributed by atoms with Crippen LogP contribution in [0, 0.1) is 0 Å². The monoisotopic (exact) mass is 1410 g/mol. The molecule has 0 aliphatic carbocycles. The number of anilines is 6. The second-order valence-electron chi connectivity index (χ2n) is 35.8. The van der Waals surface area contributed by atoms with Crippen LogP contribution in [-0.4, -0.2) is 15.8 Å². The first-order valence-corrected chi connectivity index (χ1v) is 39.1. The van der Waals surface area contributed by atoms with E-state index >= 15 is 0 Å². The molecule has 0 saturated carbocycles. The van der Waals surface area contributed by atoms with Crippen molar-refractivity contribution in [3.05, 3.63) is 331 Å². The highest BCUT2D eigenvalue weighted by Gasteiger charge is 2.46.